The summed E-state index contributed by atoms with van der Waals surface area (Å²) in [4.78, 5) is 38.2. The van der Waals surface area contributed by atoms with E-state index in [-0.39, 0.29) is 17.3 Å². The molecule has 0 atom stereocenters. The Hall–Kier alpha value is -3.72. The number of unbranched alkanes of at least 4 members (excludes halogenated alkanes) is 1. The van der Waals surface area contributed by atoms with Gasteiger partial charge in [0.15, 0.2) is 0 Å². The fraction of sp³-hybridized carbons (Fsp3) is 0.333. The van der Waals surface area contributed by atoms with Crippen molar-refractivity contribution in [3.63, 3.8) is 0 Å². The first-order valence-corrected chi connectivity index (χ1v) is 10.9. The third-order valence-electron chi connectivity index (χ3n) is 5.05. The number of carbonyl (C=O) groups excluding carboxylic acids is 2. The minimum absolute atomic E-state index is 0.0330. The van der Waals surface area contributed by atoms with Crippen LogP contribution in [-0.4, -0.2) is 54.5 Å². The van der Waals surface area contributed by atoms with Gasteiger partial charge in [-0.2, -0.15) is 0 Å². The van der Waals surface area contributed by atoms with Crippen molar-refractivity contribution in [2.45, 2.75) is 19.8 Å². The van der Waals surface area contributed by atoms with E-state index < -0.39 is 10.8 Å². The average molecular weight is 453 g/mol. The second-order valence-electron chi connectivity index (χ2n) is 7.50. The monoisotopic (exact) mass is 453 g/mol. The fourth-order valence-corrected chi connectivity index (χ4v) is 3.21. The van der Waals surface area contributed by atoms with E-state index in [1.165, 1.54) is 24.3 Å². The van der Waals surface area contributed by atoms with E-state index in [1.54, 1.807) is 35.2 Å². The molecule has 0 aromatic heterocycles. The number of amides is 2. The number of nitro benzene ring substituents is 1. The van der Waals surface area contributed by atoms with Crippen LogP contribution in [-0.2, 0) is 9.53 Å². The smallest absolute Gasteiger partial charge is 0.270 e. The van der Waals surface area contributed by atoms with E-state index in [4.69, 9.17) is 9.47 Å². The van der Waals surface area contributed by atoms with Crippen molar-refractivity contribution in [2.75, 3.05) is 32.9 Å². The van der Waals surface area contributed by atoms with Gasteiger partial charge in [0.2, 0.25) is 0 Å². The summed E-state index contributed by atoms with van der Waals surface area (Å²) in [6, 6.07) is 12.5. The Morgan fingerprint density at radius 3 is 2.58 bits per heavy atom. The van der Waals surface area contributed by atoms with Crippen LogP contribution in [0.15, 0.2) is 54.2 Å². The van der Waals surface area contributed by atoms with Crippen molar-refractivity contribution in [2.24, 2.45) is 0 Å². The van der Waals surface area contributed by atoms with Gasteiger partial charge in [-0.05, 0) is 42.3 Å². The maximum Gasteiger partial charge on any atom is 0.270 e. The van der Waals surface area contributed by atoms with Crippen LogP contribution in [0.2, 0.25) is 0 Å². The third kappa shape index (κ3) is 6.88. The van der Waals surface area contributed by atoms with E-state index >= 15 is 0 Å². The van der Waals surface area contributed by atoms with Crippen molar-refractivity contribution >= 4 is 23.6 Å². The Bertz CT molecular complexity index is 1010. The highest BCUT2D eigenvalue weighted by Gasteiger charge is 2.23. The van der Waals surface area contributed by atoms with Crippen LogP contribution in [0.3, 0.4) is 0 Å². The van der Waals surface area contributed by atoms with Crippen molar-refractivity contribution in [1.82, 2.24) is 10.2 Å². The van der Waals surface area contributed by atoms with E-state index in [9.17, 15) is 19.7 Å². The summed E-state index contributed by atoms with van der Waals surface area (Å²) in [5.74, 6) is -0.178. The standard InChI is InChI=1S/C24H27N3O6/c1-2-3-13-33-21-9-7-19(8-10-21)23(28)25-22(24(29)26-11-14-32-15-12-26)17-18-5-4-6-20(16-18)27(30)31/h4-10,16-17H,2-3,11-15H2,1H3,(H,25,28). The maximum atomic E-state index is 13.1. The number of nitro groups is 1. The molecule has 1 heterocycles. The minimum atomic E-state index is -0.510. The number of nitrogens with one attached hydrogen (secondary N) is 1. The number of benzene rings is 2. The van der Waals surface area contributed by atoms with Gasteiger partial charge in [-0.1, -0.05) is 25.5 Å². The Kier molecular flexibility index (Phi) is 8.54. The molecule has 0 aliphatic carbocycles. The van der Waals surface area contributed by atoms with Crippen molar-refractivity contribution in [3.05, 3.63) is 75.5 Å². The zero-order valence-electron chi connectivity index (χ0n) is 18.5. The lowest BCUT2D eigenvalue weighted by molar-refractivity contribution is -0.384. The Balaban J connectivity index is 1.81. The zero-order chi connectivity index (χ0) is 23.6. The second kappa shape index (κ2) is 11.8. The molecule has 1 aliphatic rings. The summed E-state index contributed by atoms with van der Waals surface area (Å²) < 4.78 is 10.9. The van der Waals surface area contributed by atoms with Crippen LogP contribution in [0.25, 0.3) is 6.08 Å². The quantitative estimate of drug-likeness (QED) is 0.270. The summed E-state index contributed by atoms with van der Waals surface area (Å²) in [6.07, 6.45) is 3.42. The third-order valence-corrected chi connectivity index (χ3v) is 5.05. The molecule has 0 unspecified atom stereocenters. The number of nitrogens with zero attached hydrogens (tertiary/aromatic N) is 2. The van der Waals surface area contributed by atoms with Crippen LogP contribution in [0, 0.1) is 10.1 Å². The van der Waals surface area contributed by atoms with Gasteiger partial charge in [0.05, 0.1) is 24.7 Å². The van der Waals surface area contributed by atoms with Gasteiger partial charge in [0, 0.05) is 30.8 Å². The molecule has 1 saturated heterocycles. The number of ether oxygens (including phenoxy) is 2. The summed E-state index contributed by atoms with van der Waals surface area (Å²) >= 11 is 0. The number of hydrogen-bond donors (Lipinski definition) is 1. The summed E-state index contributed by atoms with van der Waals surface area (Å²) in [6.45, 7) is 4.28. The molecule has 1 aliphatic heterocycles. The number of non-ortho nitro benzene ring substituents is 1. The van der Waals surface area contributed by atoms with E-state index in [2.05, 4.69) is 12.2 Å². The topological polar surface area (TPSA) is 111 Å². The number of rotatable bonds is 9. The van der Waals surface area contributed by atoms with Crippen molar-refractivity contribution in [3.8, 4) is 5.75 Å². The van der Waals surface area contributed by atoms with Gasteiger partial charge >= 0.3 is 0 Å². The lowest BCUT2D eigenvalue weighted by atomic mass is 10.1. The normalized spacial score (nSPS) is 14.0. The molecule has 0 saturated carbocycles. The van der Waals surface area contributed by atoms with Gasteiger partial charge in [-0.3, -0.25) is 19.7 Å². The maximum absolute atomic E-state index is 13.1. The zero-order valence-corrected chi connectivity index (χ0v) is 18.5. The molecule has 0 bridgehead atoms. The number of morpholine rings is 1. The van der Waals surface area contributed by atoms with Gasteiger partial charge in [0.25, 0.3) is 17.5 Å². The van der Waals surface area contributed by atoms with E-state index in [0.717, 1.165) is 12.8 Å². The molecule has 3 rings (SSSR count). The number of hydrogen-bond acceptors (Lipinski definition) is 6. The lowest BCUT2D eigenvalue weighted by Crippen LogP contribution is -2.44. The molecule has 9 heteroatoms. The van der Waals surface area contributed by atoms with Gasteiger partial charge in [-0.25, -0.2) is 0 Å². The fourth-order valence-electron chi connectivity index (χ4n) is 3.21. The van der Waals surface area contributed by atoms with Crippen LogP contribution in [0.4, 0.5) is 5.69 Å². The average Bonchev–Trinajstić information content (AvgIpc) is 2.84. The Morgan fingerprint density at radius 1 is 1.18 bits per heavy atom. The first kappa shape index (κ1) is 23.9. The molecular weight excluding hydrogens is 426 g/mol. The SMILES string of the molecule is CCCCOc1ccc(C(=O)NC(=Cc2cccc([N+](=O)[O-])c2)C(=O)N2CCOCC2)cc1. The molecule has 174 valence electrons. The van der Waals surface area contributed by atoms with E-state index in [1.807, 2.05) is 0 Å². The lowest BCUT2D eigenvalue weighted by Gasteiger charge is -2.27. The molecule has 2 aromatic rings. The Morgan fingerprint density at radius 2 is 1.91 bits per heavy atom. The van der Waals surface area contributed by atoms with Crippen molar-refractivity contribution < 1.29 is 24.0 Å². The number of carbonyl (C=O) groups is 2. The molecular formula is C24H27N3O6. The molecule has 2 amide bonds. The highest BCUT2D eigenvalue weighted by atomic mass is 16.6. The Labute approximate surface area is 192 Å². The predicted octanol–water partition coefficient (Wildman–Crippen LogP) is 3.40. The molecule has 9 nitrogen and oxygen atoms in total. The largest absolute Gasteiger partial charge is 0.494 e. The van der Waals surface area contributed by atoms with Crippen LogP contribution < -0.4 is 10.1 Å². The predicted molar refractivity (Wildman–Crippen MR) is 123 cm³/mol. The van der Waals surface area contributed by atoms with Crippen molar-refractivity contribution in [1.29, 1.82) is 0 Å². The van der Waals surface area contributed by atoms with Crippen LogP contribution >= 0.6 is 0 Å². The summed E-state index contributed by atoms with van der Waals surface area (Å²) in [5.41, 5.74) is 0.718. The molecule has 2 aromatic carbocycles. The summed E-state index contributed by atoms with van der Waals surface area (Å²) in [5, 5.41) is 13.8. The first-order chi connectivity index (χ1) is 16.0. The van der Waals surface area contributed by atoms with Gasteiger partial charge in [0.1, 0.15) is 11.4 Å². The molecule has 1 fully saturated rings. The highest BCUT2D eigenvalue weighted by Crippen LogP contribution is 2.18. The highest BCUT2D eigenvalue weighted by molar-refractivity contribution is 6.05. The van der Waals surface area contributed by atoms with Gasteiger partial charge in [-0.15, -0.1) is 0 Å². The van der Waals surface area contributed by atoms with Crippen LogP contribution in [0.1, 0.15) is 35.7 Å². The molecule has 33 heavy (non-hydrogen) atoms. The van der Waals surface area contributed by atoms with Gasteiger partial charge < -0.3 is 19.7 Å². The second-order valence-corrected chi connectivity index (χ2v) is 7.50. The summed E-state index contributed by atoms with van der Waals surface area (Å²) in [7, 11) is 0. The van der Waals surface area contributed by atoms with Crippen LogP contribution in [0.5, 0.6) is 5.75 Å². The molecule has 0 spiro atoms. The minimum Gasteiger partial charge on any atom is -0.494 e. The molecule has 0 radical (unpaired) electrons. The first-order valence-electron chi connectivity index (χ1n) is 10.9. The molecule has 1 N–H and O–H groups in total. The van der Waals surface area contributed by atoms with E-state index in [0.29, 0.717) is 49.8 Å².